The molecule has 32 heavy (non-hydrogen) atoms. The summed E-state index contributed by atoms with van der Waals surface area (Å²) in [5, 5.41) is 4.77. The van der Waals surface area contributed by atoms with Crippen LogP contribution in [0.1, 0.15) is 68.5 Å². The van der Waals surface area contributed by atoms with Crippen molar-refractivity contribution in [2.75, 3.05) is 19.0 Å². The van der Waals surface area contributed by atoms with Crippen LogP contribution in [-0.2, 0) is 5.41 Å². The smallest absolute Gasteiger partial charge is 0.126 e. The summed E-state index contributed by atoms with van der Waals surface area (Å²) in [6, 6.07) is 10.9. The van der Waals surface area contributed by atoms with Crippen LogP contribution >= 0.6 is 11.3 Å². The molecule has 0 aliphatic heterocycles. The lowest BCUT2D eigenvalue weighted by molar-refractivity contribution is 0.338. The number of benzene rings is 1. The fourth-order valence-corrected chi connectivity index (χ4v) is 5.51. The maximum Gasteiger partial charge on any atom is 0.126 e. The van der Waals surface area contributed by atoms with Crippen LogP contribution < -0.4 is 10.1 Å². The van der Waals surface area contributed by atoms with Crippen LogP contribution in [-0.4, -0.2) is 23.6 Å². The summed E-state index contributed by atoms with van der Waals surface area (Å²) in [7, 11) is 1.74. The van der Waals surface area contributed by atoms with Crippen molar-refractivity contribution in [1.29, 1.82) is 0 Å². The second kappa shape index (κ2) is 9.62. The van der Waals surface area contributed by atoms with E-state index >= 15 is 0 Å². The van der Waals surface area contributed by atoms with E-state index in [1.54, 1.807) is 18.4 Å². The lowest BCUT2D eigenvalue weighted by atomic mass is 9.78. The standard InChI is InChI=1S/C27H35N3OS/c1-18-14-21(10-11-23(18)31-5)20-8-6-19(7-9-20)16-29-25-15-22(12-13-28-25)24-17-30-26(32-24)27(2,3)4/h10-15,17,19-20H,6-9,16H2,1-5H3,(H,28,29). The van der Waals surface area contributed by atoms with Crippen molar-refractivity contribution in [1.82, 2.24) is 9.97 Å². The van der Waals surface area contributed by atoms with Crippen LogP contribution in [0.5, 0.6) is 5.75 Å². The summed E-state index contributed by atoms with van der Waals surface area (Å²) in [6.45, 7) is 9.75. The van der Waals surface area contributed by atoms with Gasteiger partial charge >= 0.3 is 0 Å². The number of nitrogens with zero attached hydrogens (tertiary/aromatic N) is 2. The number of rotatable bonds is 6. The van der Waals surface area contributed by atoms with Crippen LogP contribution in [0.3, 0.4) is 0 Å². The first kappa shape index (κ1) is 22.8. The Morgan fingerprint density at radius 3 is 2.50 bits per heavy atom. The molecule has 1 aliphatic carbocycles. The molecule has 2 aromatic heterocycles. The topological polar surface area (TPSA) is 47.0 Å². The van der Waals surface area contributed by atoms with E-state index in [0.717, 1.165) is 18.1 Å². The molecule has 4 rings (SSSR count). The molecule has 1 aromatic carbocycles. The number of hydrogen-bond donors (Lipinski definition) is 1. The molecule has 0 radical (unpaired) electrons. The van der Waals surface area contributed by atoms with Gasteiger partial charge in [0.1, 0.15) is 11.6 Å². The Hall–Kier alpha value is -2.40. The number of hydrogen-bond acceptors (Lipinski definition) is 5. The van der Waals surface area contributed by atoms with Gasteiger partial charge in [0.15, 0.2) is 0 Å². The highest BCUT2D eigenvalue weighted by Gasteiger charge is 2.23. The van der Waals surface area contributed by atoms with E-state index < -0.39 is 0 Å². The largest absolute Gasteiger partial charge is 0.496 e. The third kappa shape index (κ3) is 5.32. The molecule has 0 saturated heterocycles. The number of ether oxygens (including phenoxy) is 1. The van der Waals surface area contributed by atoms with Crippen LogP contribution in [0.15, 0.2) is 42.7 Å². The predicted octanol–water partition coefficient (Wildman–Crippen LogP) is 7.21. The Kier molecular flexibility index (Phi) is 6.85. The molecule has 0 spiro atoms. The van der Waals surface area contributed by atoms with Crippen LogP contribution in [0, 0.1) is 12.8 Å². The summed E-state index contributed by atoms with van der Waals surface area (Å²) < 4.78 is 5.41. The van der Waals surface area contributed by atoms with Gasteiger partial charge in [0.05, 0.1) is 17.0 Å². The van der Waals surface area contributed by atoms with Crippen molar-refractivity contribution in [3.8, 4) is 16.2 Å². The van der Waals surface area contributed by atoms with Crippen molar-refractivity contribution in [3.05, 3.63) is 58.9 Å². The first-order chi connectivity index (χ1) is 15.3. The van der Waals surface area contributed by atoms with Gasteiger partial charge in [0.2, 0.25) is 0 Å². The molecule has 1 aliphatic rings. The third-order valence-electron chi connectivity index (χ3n) is 6.50. The molecule has 0 amide bonds. The van der Waals surface area contributed by atoms with E-state index in [0.29, 0.717) is 11.8 Å². The van der Waals surface area contributed by atoms with Gasteiger partial charge in [-0.25, -0.2) is 9.97 Å². The lowest BCUT2D eigenvalue weighted by Gasteiger charge is -2.29. The molecule has 4 nitrogen and oxygen atoms in total. The zero-order chi connectivity index (χ0) is 22.7. The maximum absolute atomic E-state index is 5.41. The van der Waals surface area contributed by atoms with Crippen molar-refractivity contribution in [2.45, 2.75) is 64.7 Å². The molecule has 2 heterocycles. The second-order valence-corrected chi connectivity index (χ2v) is 11.1. The van der Waals surface area contributed by atoms with E-state index in [1.165, 1.54) is 52.3 Å². The number of anilines is 1. The average Bonchev–Trinajstić information content (AvgIpc) is 3.29. The number of pyridine rings is 1. The predicted molar refractivity (Wildman–Crippen MR) is 135 cm³/mol. The quantitative estimate of drug-likeness (QED) is 0.432. The van der Waals surface area contributed by atoms with Crippen LogP contribution in [0.2, 0.25) is 0 Å². The van der Waals surface area contributed by atoms with Crippen molar-refractivity contribution in [2.24, 2.45) is 5.92 Å². The maximum atomic E-state index is 5.41. The van der Waals surface area contributed by atoms with Gasteiger partial charge in [-0.15, -0.1) is 11.3 Å². The highest BCUT2D eigenvalue weighted by Crippen LogP contribution is 2.37. The fraction of sp³-hybridized carbons (Fsp3) is 0.481. The molecule has 1 saturated carbocycles. The molecule has 0 atom stereocenters. The molecule has 5 heteroatoms. The number of nitrogens with one attached hydrogen (secondary N) is 1. The third-order valence-corrected chi connectivity index (χ3v) is 7.97. The molecule has 170 valence electrons. The monoisotopic (exact) mass is 449 g/mol. The Labute approximate surface area is 196 Å². The van der Waals surface area contributed by atoms with Gasteiger partial charge in [0.25, 0.3) is 0 Å². The van der Waals surface area contributed by atoms with Gasteiger partial charge in [-0.2, -0.15) is 0 Å². The Bertz CT molecular complexity index is 1050. The number of aromatic nitrogens is 2. The molecule has 0 unspecified atom stereocenters. The van der Waals surface area contributed by atoms with Gasteiger partial charge < -0.3 is 10.1 Å². The second-order valence-electron chi connectivity index (χ2n) is 10.0. The minimum Gasteiger partial charge on any atom is -0.496 e. The van der Waals surface area contributed by atoms with Gasteiger partial charge in [-0.1, -0.05) is 32.9 Å². The fourth-order valence-electron chi connectivity index (χ4n) is 4.54. The molecule has 0 bridgehead atoms. The van der Waals surface area contributed by atoms with E-state index in [-0.39, 0.29) is 5.41 Å². The number of aryl methyl sites for hydroxylation is 1. The highest BCUT2D eigenvalue weighted by molar-refractivity contribution is 7.15. The molecular weight excluding hydrogens is 414 g/mol. The Balaban J connectivity index is 1.32. The summed E-state index contributed by atoms with van der Waals surface area (Å²) in [4.78, 5) is 10.4. The average molecular weight is 450 g/mol. The van der Waals surface area contributed by atoms with E-state index in [4.69, 9.17) is 4.74 Å². The number of methoxy groups -OCH3 is 1. The first-order valence-corrected chi connectivity index (χ1v) is 12.5. The summed E-state index contributed by atoms with van der Waals surface area (Å²) in [6.07, 6.45) is 8.91. The van der Waals surface area contributed by atoms with Gasteiger partial charge in [0, 0.05) is 24.4 Å². The van der Waals surface area contributed by atoms with E-state index in [1.807, 2.05) is 12.4 Å². The molecule has 3 aromatic rings. The molecule has 1 fully saturated rings. The van der Waals surface area contributed by atoms with Crippen molar-refractivity contribution < 1.29 is 4.74 Å². The Morgan fingerprint density at radius 2 is 1.84 bits per heavy atom. The van der Waals surface area contributed by atoms with Gasteiger partial charge in [-0.3, -0.25) is 0 Å². The van der Waals surface area contributed by atoms with Crippen LogP contribution in [0.25, 0.3) is 10.4 Å². The van der Waals surface area contributed by atoms with Gasteiger partial charge in [-0.05, 0) is 79.3 Å². The van der Waals surface area contributed by atoms with Crippen molar-refractivity contribution >= 4 is 17.2 Å². The Morgan fingerprint density at radius 1 is 1.06 bits per heavy atom. The highest BCUT2D eigenvalue weighted by atomic mass is 32.1. The number of thiazole rings is 1. The zero-order valence-corrected chi connectivity index (χ0v) is 20.8. The zero-order valence-electron chi connectivity index (χ0n) is 19.9. The van der Waals surface area contributed by atoms with E-state index in [9.17, 15) is 0 Å². The first-order valence-electron chi connectivity index (χ1n) is 11.6. The van der Waals surface area contributed by atoms with E-state index in [2.05, 4.69) is 73.3 Å². The summed E-state index contributed by atoms with van der Waals surface area (Å²) in [5.74, 6) is 3.31. The molecule has 1 N–H and O–H groups in total. The lowest BCUT2D eigenvalue weighted by Crippen LogP contribution is -2.21. The molecular formula is C27H35N3OS. The minimum atomic E-state index is 0.0837. The SMILES string of the molecule is COc1ccc(C2CCC(CNc3cc(-c4cnc(C(C)(C)C)s4)ccn3)CC2)cc1C. The minimum absolute atomic E-state index is 0.0837. The van der Waals surface area contributed by atoms with Crippen LogP contribution in [0.4, 0.5) is 5.82 Å². The summed E-state index contributed by atoms with van der Waals surface area (Å²) >= 11 is 1.77. The normalized spacial score (nSPS) is 19.0. The van der Waals surface area contributed by atoms with Crippen molar-refractivity contribution in [3.63, 3.8) is 0 Å². The summed E-state index contributed by atoms with van der Waals surface area (Å²) in [5.41, 5.74) is 3.97.